The lowest BCUT2D eigenvalue weighted by molar-refractivity contribution is -0.111. The van der Waals surface area contributed by atoms with E-state index < -0.39 is 5.97 Å². The molecule has 18 heavy (non-hydrogen) atoms. The van der Waals surface area contributed by atoms with Crippen LogP contribution >= 0.6 is 23.2 Å². The van der Waals surface area contributed by atoms with Gasteiger partial charge >= 0.3 is 5.97 Å². The van der Waals surface area contributed by atoms with E-state index in [0.29, 0.717) is 0 Å². The first-order chi connectivity index (χ1) is 8.31. The SMILES string of the molecule is CC(C)=CC(=O)Nc1c(Cl)cc(C(=O)O)cc1Cl. The molecule has 0 bridgehead atoms. The first-order valence-electron chi connectivity index (χ1n) is 4.99. The van der Waals surface area contributed by atoms with Gasteiger partial charge in [0.1, 0.15) is 0 Å². The monoisotopic (exact) mass is 287 g/mol. The quantitative estimate of drug-likeness (QED) is 0.835. The number of carboxylic acid groups (broad SMARTS) is 1. The molecule has 0 aliphatic carbocycles. The van der Waals surface area contributed by atoms with Gasteiger partial charge in [-0.15, -0.1) is 0 Å². The van der Waals surface area contributed by atoms with Crippen LogP contribution in [0.25, 0.3) is 0 Å². The summed E-state index contributed by atoms with van der Waals surface area (Å²) in [6.45, 7) is 3.55. The molecule has 0 saturated heterocycles. The van der Waals surface area contributed by atoms with Crippen LogP contribution in [0, 0.1) is 0 Å². The van der Waals surface area contributed by atoms with E-state index in [1.807, 2.05) is 0 Å². The summed E-state index contributed by atoms with van der Waals surface area (Å²) in [6.07, 6.45) is 1.39. The molecule has 1 aromatic rings. The number of aromatic carboxylic acids is 1. The van der Waals surface area contributed by atoms with Crippen LogP contribution in [0.2, 0.25) is 10.0 Å². The van der Waals surface area contributed by atoms with E-state index in [2.05, 4.69) is 5.32 Å². The Hall–Kier alpha value is -1.52. The predicted octanol–water partition coefficient (Wildman–Crippen LogP) is 3.60. The second-order valence-electron chi connectivity index (χ2n) is 3.83. The van der Waals surface area contributed by atoms with Crippen molar-refractivity contribution in [2.75, 3.05) is 5.32 Å². The summed E-state index contributed by atoms with van der Waals surface area (Å²) in [7, 11) is 0. The third-order valence-electron chi connectivity index (χ3n) is 1.96. The van der Waals surface area contributed by atoms with Gasteiger partial charge in [-0.3, -0.25) is 4.79 Å². The highest BCUT2D eigenvalue weighted by molar-refractivity contribution is 6.40. The van der Waals surface area contributed by atoms with Crippen molar-refractivity contribution in [1.82, 2.24) is 0 Å². The number of benzene rings is 1. The summed E-state index contributed by atoms with van der Waals surface area (Å²) in [5.41, 5.74) is 0.984. The first kappa shape index (κ1) is 14.5. The highest BCUT2D eigenvalue weighted by atomic mass is 35.5. The van der Waals surface area contributed by atoms with E-state index in [4.69, 9.17) is 28.3 Å². The van der Waals surface area contributed by atoms with E-state index in [1.165, 1.54) is 18.2 Å². The number of carbonyl (C=O) groups excluding carboxylic acids is 1. The Morgan fingerprint density at radius 3 is 2.11 bits per heavy atom. The summed E-state index contributed by atoms with van der Waals surface area (Å²) in [6, 6.07) is 2.46. The van der Waals surface area contributed by atoms with E-state index in [0.717, 1.165) is 5.57 Å². The minimum absolute atomic E-state index is 0.0368. The fourth-order valence-electron chi connectivity index (χ4n) is 1.24. The Morgan fingerprint density at radius 2 is 1.72 bits per heavy atom. The molecule has 0 unspecified atom stereocenters. The van der Waals surface area contributed by atoms with Crippen molar-refractivity contribution < 1.29 is 14.7 Å². The molecule has 6 heteroatoms. The van der Waals surface area contributed by atoms with Gasteiger partial charge in [-0.25, -0.2) is 4.79 Å². The number of hydrogen-bond acceptors (Lipinski definition) is 2. The summed E-state index contributed by atoms with van der Waals surface area (Å²) in [4.78, 5) is 22.3. The fraction of sp³-hybridized carbons (Fsp3) is 0.167. The highest BCUT2D eigenvalue weighted by Gasteiger charge is 2.13. The van der Waals surface area contributed by atoms with Crippen LogP contribution < -0.4 is 5.32 Å². The maximum absolute atomic E-state index is 11.5. The second kappa shape index (κ2) is 5.89. The number of nitrogens with one attached hydrogen (secondary N) is 1. The minimum Gasteiger partial charge on any atom is -0.478 e. The van der Waals surface area contributed by atoms with Crippen molar-refractivity contribution in [3.63, 3.8) is 0 Å². The van der Waals surface area contributed by atoms with Gasteiger partial charge in [-0.05, 0) is 26.0 Å². The molecule has 0 fully saturated rings. The predicted molar refractivity (Wildman–Crippen MR) is 71.5 cm³/mol. The molecular weight excluding hydrogens is 277 g/mol. The summed E-state index contributed by atoms with van der Waals surface area (Å²) in [5, 5.41) is 11.5. The highest BCUT2D eigenvalue weighted by Crippen LogP contribution is 2.31. The smallest absolute Gasteiger partial charge is 0.335 e. The van der Waals surface area contributed by atoms with Gasteiger partial charge in [0, 0.05) is 6.08 Å². The lowest BCUT2D eigenvalue weighted by Gasteiger charge is -2.09. The van der Waals surface area contributed by atoms with Gasteiger partial charge in [-0.2, -0.15) is 0 Å². The van der Waals surface area contributed by atoms with Crippen LogP contribution in [0.4, 0.5) is 5.69 Å². The molecule has 0 radical (unpaired) electrons. The van der Waals surface area contributed by atoms with Gasteiger partial charge in [0.15, 0.2) is 0 Å². The molecule has 4 nitrogen and oxygen atoms in total. The third-order valence-corrected chi connectivity index (χ3v) is 2.55. The average Bonchev–Trinajstić information content (AvgIpc) is 2.21. The minimum atomic E-state index is -1.14. The van der Waals surface area contributed by atoms with Crippen molar-refractivity contribution in [3.05, 3.63) is 39.4 Å². The zero-order chi connectivity index (χ0) is 13.9. The van der Waals surface area contributed by atoms with Crippen LogP contribution in [0.3, 0.4) is 0 Å². The molecule has 0 spiro atoms. The standard InChI is InChI=1S/C12H11Cl2NO3/c1-6(2)3-10(16)15-11-8(13)4-7(12(17)18)5-9(11)14/h3-5H,1-2H3,(H,15,16)(H,17,18). The van der Waals surface area contributed by atoms with Crippen molar-refractivity contribution in [2.24, 2.45) is 0 Å². The lowest BCUT2D eigenvalue weighted by Crippen LogP contribution is -2.10. The van der Waals surface area contributed by atoms with E-state index in [9.17, 15) is 9.59 Å². The Morgan fingerprint density at radius 1 is 1.22 bits per heavy atom. The van der Waals surface area contributed by atoms with Crippen molar-refractivity contribution in [3.8, 4) is 0 Å². The van der Waals surface area contributed by atoms with Gasteiger partial charge < -0.3 is 10.4 Å². The molecule has 0 saturated carbocycles. The Balaban J connectivity index is 3.08. The van der Waals surface area contributed by atoms with E-state index in [1.54, 1.807) is 13.8 Å². The van der Waals surface area contributed by atoms with E-state index in [-0.39, 0.29) is 27.2 Å². The number of rotatable bonds is 3. The lowest BCUT2D eigenvalue weighted by atomic mass is 10.2. The van der Waals surface area contributed by atoms with Crippen LogP contribution in [-0.4, -0.2) is 17.0 Å². The molecule has 96 valence electrons. The molecule has 0 aliphatic rings. The average molecular weight is 288 g/mol. The molecule has 0 heterocycles. The van der Waals surface area contributed by atoms with Crippen molar-refractivity contribution in [2.45, 2.75) is 13.8 Å². The molecule has 1 rings (SSSR count). The fourth-order valence-corrected chi connectivity index (χ4v) is 1.82. The third kappa shape index (κ3) is 3.75. The number of carboxylic acids is 1. The molecule has 2 N–H and O–H groups in total. The normalized spacial score (nSPS) is 9.78. The molecule has 0 aliphatic heterocycles. The molecule has 1 aromatic carbocycles. The summed E-state index contributed by atoms with van der Waals surface area (Å²) < 4.78 is 0. The molecule has 0 aromatic heterocycles. The van der Waals surface area contributed by atoms with Crippen LogP contribution in [0.15, 0.2) is 23.8 Å². The Kier molecular flexibility index (Phi) is 4.76. The van der Waals surface area contributed by atoms with Crippen LogP contribution in [-0.2, 0) is 4.79 Å². The molecule has 0 atom stereocenters. The first-order valence-corrected chi connectivity index (χ1v) is 5.75. The maximum Gasteiger partial charge on any atom is 0.335 e. The Labute approximate surface area is 114 Å². The Bertz CT molecular complexity index is 511. The van der Waals surface area contributed by atoms with Crippen molar-refractivity contribution in [1.29, 1.82) is 0 Å². The number of amides is 1. The number of allylic oxidation sites excluding steroid dienone is 1. The largest absolute Gasteiger partial charge is 0.478 e. The number of hydrogen-bond donors (Lipinski definition) is 2. The number of halogens is 2. The zero-order valence-electron chi connectivity index (χ0n) is 9.75. The maximum atomic E-state index is 11.5. The van der Waals surface area contributed by atoms with Gasteiger partial charge in [0.25, 0.3) is 0 Å². The van der Waals surface area contributed by atoms with Gasteiger partial charge in [0.05, 0.1) is 21.3 Å². The summed E-state index contributed by atoms with van der Waals surface area (Å²) >= 11 is 11.8. The number of anilines is 1. The van der Waals surface area contributed by atoms with Gasteiger partial charge in [-0.1, -0.05) is 28.8 Å². The van der Waals surface area contributed by atoms with E-state index >= 15 is 0 Å². The van der Waals surface area contributed by atoms with Crippen LogP contribution in [0.1, 0.15) is 24.2 Å². The summed E-state index contributed by atoms with van der Waals surface area (Å²) in [5.74, 6) is -1.51. The van der Waals surface area contributed by atoms with Crippen molar-refractivity contribution >= 4 is 40.8 Å². The number of carbonyl (C=O) groups is 2. The molecule has 1 amide bonds. The topological polar surface area (TPSA) is 66.4 Å². The molecular formula is C12H11Cl2NO3. The second-order valence-corrected chi connectivity index (χ2v) is 4.65. The zero-order valence-corrected chi connectivity index (χ0v) is 11.3. The van der Waals surface area contributed by atoms with Gasteiger partial charge in [0.2, 0.25) is 5.91 Å². The van der Waals surface area contributed by atoms with Crippen LogP contribution in [0.5, 0.6) is 0 Å².